The van der Waals surface area contributed by atoms with E-state index >= 15 is 0 Å². The lowest BCUT2D eigenvalue weighted by molar-refractivity contribution is 0.588. The van der Waals surface area contributed by atoms with Crippen molar-refractivity contribution in [3.8, 4) is 0 Å². The highest BCUT2D eigenvalue weighted by molar-refractivity contribution is 5.29. The Morgan fingerprint density at radius 2 is 2.25 bits per heavy atom. The van der Waals surface area contributed by atoms with Crippen molar-refractivity contribution in [3.63, 3.8) is 0 Å². The summed E-state index contributed by atoms with van der Waals surface area (Å²) in [6.45, 7) is 7.88. The maximum absolute atomic E-state index is 4.70. The van der Waals surface area contributed by atoms with E-state index in [1.807, 2.05) is 4.68 Å². The largest absolute Gasteiger partial charge is 0.309 e. The van der Waals surface area contributed by atoms with Gasteiger partial charge in [0.1, 0.15) is 0 Å². The van der Waals surface area contributed by atoms with E-state index in [0.717, 1.165) is 13.0 Å². The second-order valence-corrected chi connectivity index (χ2v) is 5.32. The molecule has 0 saturated carbocycles. The molecule has 1 aromatic rings. The highest BCUT2D eigenvalue weighted by Gasteiger charge is 2.24. The lowest BCUT2D eigenvalue weighted by Crippen LogP contribution is -2.15. The molecule has 16 heavy (non-hydrogen) atoms. The zero-order valence-electron chi connectivity index (χ0n) is 10.9. The highest BCUT2D eigenvalue weighted by atomic mass is 15.3. The summed E-state index contributed by atoms with van der Waals surface area (Å²) in [6, 6.07) is 0.494. The molecule has 0 aromatic carbocycles. The van der Waals surface area contributed by atoms with Crippen LogP contribution < -0.4 is 5.32 Å². The molecule has 1 N–H and O–H groups in total. The summed E-state index contributed by atoms with van der Waals surface area (Å²) in [5, 5.41) is 8.25. The number of nitrogens with zero attached hydrogens (tertiary/aromatic N) is 2. The van der Waals surface area contributed by atoms with E-state index in [0.29, 0.717) is 12.0 Å². The molecule has 1 aromatic heterocycles. The summed E-state index contributed by atoms with van der Waals surface area (Å²) in [4.78, 5) is 0. The molecule has 2 rings (SSSR count). The molecular formula is C13H23N3. The van der Waals surface area contributed by atoms with Crippen molar-refractivity contribution in [3.05, 3.63) is 17.0 Å². The summed E-state index contributed by atoms with van der Waals surface area (Å²) in [7, 11) is 2.05. The van der Waals surface area contributed by atoms with E-state index in [-0.39, 0.29) is 0 Å². The first-order valence-electron chi connectivity index (χ1n) is 6.35. The van der Waals surface area contributed by atoms with E-state index in [9.17, 15) is 0 Å². The molecule has 3 nitrogen and oxygen atoms in total. The summed E-state index contributed by atoms with van der Waals surface area (Å²) < 4.78 is 2.03. The zero-order valence-corrected chi connectivity index (χ0v) is 10.9. The lowest BCUT2D eigenvalue weighted by Gasteiger charge is -2.11. The monoisotopic (exact) mass is 221 g/mol. The molecule has 0 aliphatic carbocycles. The van der Waals surface area contributed by atoms with Crippen LogP contribution in [0, 0.1) is 12.8 Å². The van der Waals surface area contributed by atoms with Crippen LogP contribution in [0.3, 0.4) is 0 Å². The molecule has 1 unspecified atom stereocenters. The summed E-state index contributed by atoms with van der Waals surface area (Å²) in [5.41, 5.74) is 4.10. The maximum Gasteiger partial charge on any atom is 0.0828 e. The molecule has 1 atom stereocenters. The van der Waals surface area contributed by atoms with Crippen molar-refractivity contribution >= 4 is 0 Å². The van der Waals surface area contributed by atoms with E-state index in [4.69, 9.17) is 5.10 Å². The zero-order chi connectivity index (χ0) is 11.7. The smallest absolute Gasteiger partial charge is 0.0828 e. The molecule has 0 spiro atoms. The molecule has 0 amide bonds. The molecule has 0 radical (unpaired) electrons. The van der Waals surface area contributed by atoms with Gasteiger partial charge in [-0.15, -0.1) is 0 Å². The van der Waals surface area contributed by atoms with Crippen molar-refractivity contribution in [2.24, 2.45) is 13.0 Å². The van der Waals surface area contributed by atoms with Gasteiger partial charge in [0.2, 0.25) is 0 Å². The quantitative estimate of drug-likeness (QED) is 0.849. The van der Waals surface area contributed by atoms with E-state index < -0.39 is 0 Å². The van der Waals surface area contributed by atoms with Crippen LogP contribution in [0.2, 0.25) is 0 Å². The highest BCUT2D eigenvalue weighted by Crippen LogP contribution is 2.28. The second kappa shape index (κ2) is 4.58. The van der Waals surface area contributed by atoms with Crippen LogP contribution in [-0.2, 0) is 13.5 Å². The third-order valence-corrected chi connectivity index (χ3v) is 3.49. The van der Waals surface area contributed by atoms with Crippen LogP contribution in [0.25, 0.3) is 0 Å². The van der Waals surface area contributed by atoms with Gasteiger partial charge in [0, 0.05) is 12.7 Å². The van der Waals surface area contributed by atoms with Gasteiger partial charge < -0.3 is 5.32 Å². The summed E-state index contributed by atoms with van der Waals surface area (Å²) in [5.74, 6) is 0.697. The third-order valence-electron chi connectivity index (χ3n) is 3.49. The van der Waals surface area contributed by atoms with Gasteiger partial charge >= 0.3 is 0 Å². The molecule has 1 aliphatic heterocycles. The van der Waals surface area contributed by atoms with Gasteiger partial charge in [-0.2, -0.15) is 5.10 Å². The van der Waals surface area contributed by atoms with Gasteiger partial charge in [0.15, 0.2) is 0 Å². The van der Waals surface area contributed by atoms with Gasteiger partial charge in [-0.25, -0.2) is 0 Å². The van der Waals surface area contributed by atoms with Gasteiger partial charge in [0.25, 0.3) is 0 Å². The third kappa shape index (κ3) is 2.14. The Morgan fingerprint density at radius 3 is 2.81 bits per heavy atom. The van der Waals surface area contributed by atoms with Gasteiger partial charge in [-0.05, 0) is 44.2 Å². The predicted molar refractivity (Wildman–Crippen MR) is 66.5 cm³/mol. The van der Waals surface area contributed by atoms with E-state index in [2.05, 4.69) is 33.1 Å². The first kappa shape index (κ1) is 11.6. The van der Waals surface area contributed by atoms with Crippen LogP contribution in [0.1, 0.15) is 49.7 Å². The Hall–Kier alpha value is -0.830. The number of aryl methyl sites for hydroxylation is 1. The topological polar surface area (TPSA) is 29.9 Å². The van der Waals surface area contributed by atoms with Crippen molar-refractivity contribution < 1.29 is 0 Å². The Balaban J connectivity index is 2.31. The summed E-state index contributed by atoms with van der Waals surface area (Å²) in [6.07, 6.45) is 3.66. The van der Waals surface area contributed by atoms with Gasteiger partial charge in [-0.1, -0.05) is 13.8 Å². The molecular weight excluding hydrogens is 198 g/mol. The van der Waals surface area contributed by atoms with E-state index in [1.54, 1.807) is 0 Å². The molecule has 0 bridgehead atoms. The summed E-state index contributed by atoms with van der Waals surface area (Å²) >= 11 is 0. The number of aromatic nitrogens is 2. The molecule has 1 fully saturated rings. The van der Waals surface area contributed by atoms with Crippen LogP contribution in [0.4, 0.5) is 0 Å². The van der Waals surface area contributed by atoms with Crippen molar-refractivity contribution in [2.75, 3.05) is 6.54 Å². The molecule has 3 heteroatoms. The fourth-order valence-corrected chi connectivity index (χ4v) is 2.54. The van der Waals surface area contributed by atoms with Crippen molar-refractivity contribution in [1.82, 2.24) is 15.1 Å². The first-order valence-corrected chi connectivity index (χ1v) is 6.35. The maximum atomic E-state index is 4.70. The number of rotatable bonds is 3. The molecule has 90 valence electrons. The second-order valence-electron chi connectivity index (χ2n) is 5.32. The van der Waals surface area contributed by atoms with Gasteiger partial charge in [-0.3, -0.25) is 4.68 Å². The van der Waals surface area contributed by atoms with Gasteiger partial charge in [0.05, 0.1) is 11.7 Å². The number of hydrogen-bond donors (Lipinski definition) is 1. The minimum Gasteiger partial charge on any atom is -0.309 e. The van der Waals surface area contributed by atoms with Crippen LogP contribution >= 0.6 is 0 Å². The minimum absolute atomic E-state index is 0.494. The van der Waals surface area contributed by atoms with Crippen LogP contribution in [-0.4, -0.2) is 16.3 Å². The molecule has 2 heterocycles. The number of nitrogens with one attached hydrogen (secondary N) is 1. The van der Waals surface area contributed by atoms with E-state index in [1.165, 1.54) is 29.8 Å². The standard InChI is InChI=1S/C13H23N3/c1-9(2)8-11-10(3)16(4)15-13(11)12-6-5-7-14-12/h9,12,14H,5-8H2,1-4H3. The average molecular weight is 221 g/mol. The lowest BCUT2D eigenvalue weighted by atomic mass is 9.97. The molecule has 1 aliphatic rings. The predicted octanol–water partition coefficient (Wildman–Crippen LogP) is 2.35. The fourth-order valence-electron chi connectivity index (χ4n) is 2.54. The van der Waals surface area contributed by atoms with Crippen molar-refractivity contribution in [2.45, 2.75) is 46.1 Å². The van der Waals surface area contributed by atoms with Crippen molar-refractivity contribution in [1.29, 1.82) is 0 Å². The van der Waals surface area contributed by atoms with Crippen LogP contribution in [0.15, 0.2) is 0 Å². The number of hydrogen-bond acceptors (Lipinski definition) is 2. The Labute approximate surface area is 98.2 Å². The SMILES string of the molecule is Cc1c(CC(C)C)c(C2CCCN2)nn1C. The first-order chi connectivity index (χ1) is 7.59. The minimum atomic E-state index is 0.494. The fraction of sp³-hybridized carbons (Fsp3) is 0.769. The van der Waals surface area contributed by atoms with Crippen LogP contribution in [0.5, 0.6) is 0 Å². The normalized spacial score (nSPS) is 20.9. The molecule has 1 saturated heterocycles. The Morgan fingerprint density at radius 1 is 1.50 bits per heavy atom. The average Bonchev–Trinajstić information content (AvgIpc) is 2.81. The Kier molecular flexibility index (Phi) is 3.33. The Bertz CT molecular complexity index is 359.